The van der Waals surface area contributed by atoms with E-state index in [1.54, 1.807) is 23.2 Å². The zero-order valence-corrected chi connectivity index (χ0v) is 15.6. The van der Waals surface area contributed by atoms with Crippen molar-refractivity contribution in [2.24, 2.45) is 0 Å². The standard InChI is InChI=1S/C19H23N3O3S/c1-2-22(13-15-6-4-3-5-7-15)19(23)18-12-16(8-10-20-18)21-17-9-11-26(24,25)14-17/h3-8,10,12,17H,2,9,11,13-14H2,1H3,(H,20,21). The van der Waals surface area contributed by atoms with Gasteiger partial charge in [0, 0.05) is 31.0 Å². The molecule has 1 N–H and O–H groups in total. The van der Waals surface area contributed by atoms with Crippen molar-refractivity contribution in [2.45, 2.75) is 25.9 Å². The second-order valence-corrected chi connectivity index (χ2v) is 8.71. The molecule has 1 unspecified atom stereocenters. The molecule has 0 aliphatic carbocycles. The Morgan fingerprint density at radius 2 is 2.04 bits per heavy atom. The van der Waals surface area contributed by atoms with Crippen molar-refractivity contribution < 1.29 is 13.2 Å². The summed E-state index contributed by atoms with van der Waals surface area (Å²) >= 11 is 0. The van der Waals surface area contributed by atoms with Gasteiger partial charge in [-0.15, -0.1) is 0 Å². The monoisotopic (exact) mass is 373 g/mol. The SMILES string of the molecule is CCN(Cc1ccccc1)C(=O)c1cc(NC2CCS(=O)(=O)C2)ccn1. The lowest BCUT2D eigenvalue weighted by molar-refractivity contribution is 0.0746. The minimum absolute atomic E-state index is 0.114. The second-order valence-electron chi connectivity index (χ2n) is 6.48. The van der Waals surface area contributed by atoms with Gasteiger partial charge < -0.3 is 10.2 Å². The highest BCUT2D eigenvalue weighted by atomic mass is 32.2. The minimum atomic E-state index is -2.95. The van der Waals surface area contributed by atoms with E-state index in [1.807, 2.05) is 37.3 Å². The van der Waals surface area contributed by atoms with Crippen LogP contribution in [0.3, 0.4) is 0 Å². The third-order valence-electron chi connectivity index (χ3n) is 4.47. The van der Waals surface area contributed by atoms with Crippen LogP contribution in [0.1, 0.15) is 29.4 Å². The normalized spacial score (nSPS) is 18.4. The van der Waals surface area contributed by atoms with E-state index in [2.05, 4.69) is 10.3 Å². The van der Waals surface area contributed by atoms with Gasteiger partial charge >= 0.3 is 0 Å². The molecule has 1 aliphatic rings. The average Bonchev–Trinajstić information content (AvgIpc) is 2.98. The van der Waals surface area contributed by atoms with E-state index >= 15 is 0 Å². The molecule has 1 amide bonds. The lowest BCUT2D eigenvalue weighted by Gasteiger charge is -2.21. The van der Waals surface area contributed by atoms with Crippen molar-refractivity contribution in [3.05, 3.63) is 59.9 Å². The highest BCUT2D eigenvalue weighted by Crippen LogP contribution is 2.18. The first-order valence-electron chi connectivity index (χ1n) is 8.73. The summed E-state index contributed by atoms with van der Waals surface area (Å²) in [5, 5.41) is 3.21. The molecule has 0 radical (unpaired) electrons. The predicted octanol–water partition coefficient (Wildman–Crippen LogP) is 2.34. The third-order valence-corrected chi connectivity index (χ3v) is 6.24. The van der Waals surface area contributed by atoms with E-state index in [0.717, 1.165) is 11.3 Å². The lowest BCUT2D eigenvalue weighted by atomic mass is 10.2. The van der Waals surface area contributed by atoms with Crippen molar-refractivity contribution in [1.29, 1.82) is 0 Å². The Labute approximate surface area is 154 Å². The molecule has 0 saturated carbocycles. The van der Waals surface area contributed by atoms with Crippen LogP contribution in [0.5, 0.6) is 0 Å². The molecule has 1 fully saturated rings. The van der Waals surface area contributed by atoms with Crippen LogP contribution in [-0.4, -0.2) is 48.3 Å². The maximum Gasteiger partial charge on any atom is 0.272 e. The first-order chi connectivity index (χ1) is 12.5. The van der Waals surface area contributed by atoms with E-state index in [1.165, 1.54) is 0 Å². The van der Waals surface area contributed by atoms with Gasteiger partial charge in [0.2, 0.25) is 0 Å². The van der Waals surface area contributed by atoms with Crippen molar-refractivity contribution in [2.75, 3.05) is 23.4 Å². The van der Waals surface area contributed by atoms with Crippen LogP contribution in [0.25, 0.3) is 0 Å². The molecule has 3 rings (SSSR count). The number of nitrogens with zero attached hydrogens (tertiary/aromatic N) is 2. The molecule has 1 atom stereocenters. The van der Waals surface area contributed by atoms with Crippen LogP contribution < -0.4 is 5.32 Å². The first-order valence-corrected chi connectivity index (χ1v) is 10.5. The molecule has 2 heterocycles. The van der Waals surface area contributed by atoms with Crippen molar-refractivity contribution in [3.63, 3.8) is 0 Å². The number of hydrogen-bond donors (Lipinski definition) is 1. The van der Waals surface area contributed by atoms with Gasteiger partial charge in [0.05, 0.1) is 11.5 Å². The topological polar surface area (TPSA) is 79.4 Å². The Balaban J connectivity index is 1.70. The number of benzene rings is 1. The summed E-state index contributed by atoms with van der Waals surface area (Å²) in [7, 11) is -2.95. The summed E-state index contributed by atoms with van der Waals surface area (Å²) < 4.78 is 23.2. The van der Waals surface area contributed by atoms with Crippen molar-refractivity contribution >= 4 is 21.4 Å². The maximum absolute atomic E-state index is 12.8. The molecule has 0 bridgehead atoms. The number of carbonyl (C=O) groups excluding carboxylic acids is 1. The predicted molar refractivity (Wildman–Crippen MR) is 102 cm³/mol. The number of rotatable bonds is 6. The molecular weight excluding hydrogens is 350 g/mol. The van der Waals surface area contributed by atoms with Gasteiger partial charge in [0.25, 0.3) is 5.91 Å². The van der Waals surface area contributed by atoms with Crippen LogP contribution in [0, 0.1) is 0 Å². The van der Waals surface area contributed by atoms with Crippen molar-refractivity contribution in [1.82, 2.24) is 9.88 Å². The number of aromatic nitrogens is 1. The summed E-state index contributed by atoms with van der Waals surface area (Å²) in [6, 6.07) is 13.2. The molecule has 6 nitrogen and oxygen atoms in total. The van der Waals surface area contributed by atoms with Gasteiger partial charge in [-0.2, -0.15) is 0 Å². The van der Waals surface area contributed by atoms with Crippen LogP contribution in [0.2, 0.25) is 0 Å². The maximum atomic E-state index is 12.8. The molecule has 1 aromatic carbocycles. The van der Waals surface area contributed by atoms with Crippen LogP contribution >= 0.6 is 0 Å². The zero-order chi connectivity index (χ0) is 18.6. The molecule has 138 valence electrons. The number of nitrogens with one attached hydrogen (secondary N) is 1. The summed E-state index contributed by atoms with van der Waals surface area (Å²) in [6.07, 6.45) is 2.17. The largest absolute Gasteiger partial charge is 0.381 e. The van der Waals surface area contributed by atoms with Crippen molar-refractivity contribution in [3.8, 4) is 0 Å². The van der Waals surface area contributed by atoms with Crippen LogP contribution in [-0.2, 0) is 16.4 Å². The Bertz CT molecular complexity index is 869. The number of sulfone groups is 1. The molecule has 2 aromatic rings. The molecule has 1 aromatic heterocycles. The molecule has 1 aliphatic heterocycles. The molecule has 7 heteroatoms. The Kier molecular flexibility index (Phi) is 5.56. The van der Waals surface area contributed by atoms with E-state index in [4.69, 9.17) is 0 Å². The van der Waals surface area contributed by atoms with Gasteiger partial charge in [-0.05, 0) is 31.0 Å². The van der Waals surface area contributed by atoms with Crippen LogP contribution in [0.15, 0.2) is 48.7 Å². The van der Waals surface area contributed by atoms with Gasteiger partial charge in [0.1, 0.15) is 5.69 Å². The summed E-state index contributed by atoms with van der Waals surface area (Å²) in [5.41, 5.74) is 2.14. The average molecular weight is 373 g/mol. The Morgan fingerprint density at radius 1 is 1.27 bits per heavy atom. The Morgan fingerprint density at radius 3 is 2.69 bits per heavy atom. The van der Waals surface area contributed by atoms with Gasteiger partial charge in [-0.3, -0.25) is 9.78 Å². The number of amides is 1. The zero-order valence-electron chi connectivity index (χ0n) is 14.8. The Hall–Kier alpha value is -2.41. The fourth-order valence-electron chi connectivity index (χ4n) is 3.07. The highest BCUT2D eigenvalue weighted by molar-refractivity contribution is 7.91. The summed E-state index contributed by atoms with van der Waals surface area (Å²) in [5.74, 6) is 0.203. The molecular formula is C19H23N3O3S. The first kappa shape index (κ1) is 18.4. The van der Waals surface area contributed by atoms with Crippen LogP contribution in [0.4, 0.5) is 5.69 Å². The highest BCUT2D eigenvalue weighted by Gasteiger charge is 2.28. The van der Waals surface area contributed by atoms with Gasteiger partial charge in [-0.25, -0.2) is 8.42 Å². The number of anilines is 1. The van der Waals surface area contributed by atoms with E-state index in [0.29, 0.717) is 25.2 Å². The minimum Gasteiger partial charge on any atom is -0.381 e. The van der Waals surface area contributed by atoms with Gasteiger partial charge in [0.15, 0.2) is 9.84 Å². The quantitative estimate of drug-likeness (QED) is 0.841. The van der Waals surface area contributed by atoms with Gasteiger partial charge in [-0.1, -0.05) is 30.3 Å². The smallest absolute Gasteiger partial charge is 0.272 e. The number of hydrogen-bond acceptors (Lipinski definition) is 5. The number of carbonyl (C=O) groups is 1. The second kappa shape index (κ2) is 7.86. The summed E-state index contributed by atoms with van der Waals surface area (Å²) in [6.45, 7) is 3.04. The summed E-state index contributed by atoms with van der Waals surface area (Å²) in [4.78, 5) is 18.8. The fourth-order valence-corrected chi connectivity index (χ4v) is 4.75. The van der Waals surface area contributed by atoms with E-state index in [9.17, 15) is 13.2 Å². The molecule has 1 saturated heterocycles. The lowest BCUT2D eigenvalue weighted by Crippen LogP contribution is -2.31. The third kappa shape index (κ3) is 4.60. The van der Waals surface area contributed by atoms with E-state index < -0.39 is 9.84 Å². The molecule has 0 spiro atoms. The number of pyridine rings is 1. The molecule has 26 heavy (non-hydrogen) atoms. The fraction of sp³-hybridized carbons (Fsp3) is 0.368. The van der Waals surface area contributed by atoms with E-state index in [-0.39, 0.29) is 23.5 Å².